The van der Waals surface area contributed by atoms with E-state index in [0.717, 1.165) is 24.6 Å². The van der Waals surface area contributed by atoms with Gasteiger partial charge in [-0.1, -0.05) is 19.1 Å². The summed E-state index contributed by atoms with van der Waals surface area (Å²) in [6.07, 6.45) is 2.53. The molecular formula is C22H27FN2O2. The average Bonchev–Trinajstić information content (AvgIpc) is 2.68. The van der Waals surface area contributed by atoms with Crippen LogP contribution in [-0.4, -0.2) is 26.1 Å². The van der Waals surface area contributed by atoms with Crippen molar-refractivity contribution in [2.75, 3.05) is 25.1 Å². The van der Waals surface area contributed by atoms with Gasteiger partial charge in [-0.05, 0) is 61.6 Å². The standard InChI is InChI=1S/C22H27FN2O2/c1-15-5-4-12-25(14-15)19-9-6-17(7-10-19)16(2)24-22(26)18-8-11-21(27-3)20(23)13-18/h6-11,13,15-16H,4-5,12,14H2,1-3H3,(H,24,26)/t15-,16-/m0/s1. The number of nitrogens with one attached hydrogen (secondary N) is 1. The van der Waals surface area contributed by atoms with Crippen molar-refractivity contribution in [1.29, 1.82) is 0 Å². The number of amides is 1. The van der Waals surface area contributed by atoms with Gasteiger partial charge in [-0.15, -0.1) is 0 Å². The maximum absolute atomic E-state index is 13.8. The van der Waals surface area contributed by atoms with Crippen LogP contribution in [-0.2, 0) is 0 Å². The number of benzene rings is 2. The normalized spacial score (nSPS) is 18.1. The van der Waals surface area contributed by atoms with Crippen LogP contribution in [0, 0.1) is 11.7 Å². The minimum atomic E-state index is -0.544. The lowest BCUT2D eigenvalue weighted by atomic mass is 9.99. The highest BCUT2D eigenvalue weighted by molar-refractivity contribution is 5.94. The molecule has 1 heterocycles. The molecule has 144 valence electrons. The van der Waals surface area contributed by atoms with Crippen molar-refractivity contribution in [1.82, 2.24) is 5.32 Å². The lowest BCUT2D eigenvalue weighted by molar-refractivity contribution is 0.0939. The van der Waals surface area contributed by atoms with Gasteiger partial charge >= 0.3 is 0 Å². The third-order valence-corrected chi connectivity index (χ3v) is 5.18. The summed E-state index contributed by atoms with van der Waals surface area (Å²) in [6.45, 7) is 6.41. The smallest absolute Gasteiger partial charge is 0.251 e. The summed E-state index contributed by atoms with van der Waals surface area (Å²) < 4.78 is 18.7. The Morgan fingerprint density at radius 1 is 1.26 bits per heavy atom. The van der Waals surface area contributed by atoms with Gasteiger partial charge in [0, 0.05) is 24.3 Å². The lowest BCUT2D eigenvalue weighted by Gasteiger charge is -2.33. The van der Waals surface area contributed by atoms with Crippen molar-refractivity contribution in [3.63, 3.8) is 0 Å². The molecule has 2 aromatic rings. The SMILES string of the molecule is COc1ccc(C(=O)N[C@@H](C)c2ccc(N3CCC[C@H](C)C3)cc2)cc1F. The first-order valence-corrected chi connectivity index (χ1v) is 9.47. The van der Waals surface area contributed by atoms with Crippen LogP contribution in [0.1, 0.15) is 48.7 Å². The summed E-state index contributed by atoms with van der Waals surface area (Å²) in [5.41, 5.74) is 2.52. The molecule has 1 saturated heterocycles. The van der Waals surface area contributed by atoms with Crippen molar-refractivity contribution < 1.29 is 13.9 Å². The Morgan fingerprint density at radius 3 is 2.63 bits per heavy atom. The predicted molar refractivity (Wildman–Crippen MR) is 106 cm³/mol. The highest BCUT2D eigenvalue weighted by Gasteiger charge is 2.17. The van der Waals surface area contributed by atoms with E-state index < -0.39 is 5.82 Å². The molecule has 2 aromatic carbocycles. The van der Waals surface area contributed by atoms with E-state index in [9.17, 15) is 9.18 Å². The Morgan fingerprint density at radius 2 is 2.00 bits per heavy atom. The summed E-state index contributed by atoms with van der Waals surface area (Å²) >= 11 is 0. The number of piperidine rings is 1. The minimum absolute atomic E-state index is 0.127. The Hall–Kier alpha value is -2.56. The highest BCUT2D eigenvalue weighted by atomic mass is 19.1. The van der Waals surface area contributed by atoms with E-state index in [1.165, 1.54) is 37.8 Å². The molecular weight excluding hydrogens is 343 g/mol. The number of carbonyl (C=O) groups excluding carboxylic acids is 1. The zero-order valence-corrected chi connectivity index (χ0v) is 16.2. The van der Waals surface area contributed by atoms with Gasteiger partial charge in [0.25, 0.3) is 5.91 Å². The molecule has 4 nitrogen and oxygen atoms in total. The number of ether oxygens (including phenoxy) is 1. The van der Waals surface area contributed by atoms with Crippen molar-refractivity contribution in [3.05, 3.63) is 59.4 Å². The van der Waals surface area contributed by atoms with Crippen molar-refractivity contribution in [3.8, 4) is 5.75 Å². The molecule has 5 heteroatoms. The van der Waals surface area contributed by atoms with Gasteiger partial charge in [-0.3, -0.25) is 4.79 Å². The van der Waals surface area contributed by atoms with E-state index >= 15 is 0 Å². The predicted octanol–water partition coefficient (Wildman–Crippen LogP) is 4.56. The van der Waals surface area contributed by atoms with Crippen LogP contribution in [0.25, 0.3) is 0 Å². The second-order valence-corrected chi connectivity index (χ2v) is 7.33. The van der Waals surface area contributed by atoms with Crippen LogP contribution in [0.2, 0.25) is 0 Å². The lowest BCUT2D eigenvalue weighted by Crippen LogP contribution is -2.34. The van der Waals surface area contributed by atoms with E-state index in [4.69, 9.17) is 4.74 Å². The number of nitrogens with zero attached hydrogens (tertiary/aromatic N) is 1. The second kappa shape index (κ2) is 8.42. The molecule has 1 aliphatic rings. The Labute approximate surface area is 160 Å². The number of halogens is 1. The average molecular weight is 370 g/mol. The maximum Gasteiger partial charge on any atom is 0.251 e. The third kappa shape index (κ3) is 4.59. The van der Waals surface area contributed by atoms with Gasteiger partial charge in [-0.25, -0.2) is 4.39 Å². The molecule has 1 fully saturated rings. The Bertz CT molecular complexity index is 791. The minimum Gasteiger partial charge on any atom is -0.494 e. The van der Waals surface area contributed by atoms with E-state index in [1.54, 1.807) is 6.07 Å². The molecule has 0 unspecified atom stereocenters. The Kier molecular flexibility index (Phi) is 5.99. The quantitative estimate of drug-likeness (QED) is 0.839. The summed E-state index contributed by atoms with van der Waals surface area (Å²) in [6, 6.07) is 12.4. The zero-order chi connectivity index (χ0) is 19.4. The molecule has 2 atom stereocenters. The first kappa shape index (κ1) is 19.2. The number of rotatable bonds is 5. The number of hydrogen-bond donors (Lipinski definition) is 1. The largest absolute Gasteiger partial charge is 0.494 e. The van der Waals surface area contributed by atoms with Gasteiger partial charge in [-0.2, -0.15) is 0 Å². The molecule has 3 rings (SSSR count). The second-order valence-electron chi connectivity index (χ2n) is 7.33. The fourth-order valence-corrected chi connectivity index (χ4v) is 3.57. The topological polar surface area (TPSA) is 41.6 Å². The van der Waals surface area contributed by atoms with Gasteiger partial charge in [0.05, 0.1) is 13.2 Å². The third-order valence-electron chi connectivity index (χ3n) is 5.18. The van der Waals surface area contributed by atoms with Crippen LogP contribution >= 0.6 is 0 Å². The monoisotopic (exact) mass is 370 g/mol. The van der Waals surface area contributed by atoms with Crippen molar-refractivity contribution in [2.45, 2.75) is 32.7 Å². The molecule has 0 bridgehead atoms. The Balaban J connectivity index is 1.64. The summed E-state index contributed by atoms with van der Waals surface area (Å²) in [4.78, 5) is 14.8. The fourth-order valence-electron chi connectivity index (χ4n) is 3.57. The molecule has 0 aliphatic carbocycles. The number of hydrogen-bond acceptors (Lipinski definition) is 3. The van der Waals surface area contributed by atoms with Gasteiger partial charge in [0.15, 0.2) is 11.6 Å². The molecule has 27 heavy (non-hydrogen) atoms. The van der Waals surface area contributed by atoms with E-state index in [-0.39, 0.29) is 23.3 Å². The van der Waals surface area contributed by atoms with Crippen LogP contribution in [0.15, 0.2) is 42.5 Å². The molecule has 0 saturated carbocycles. The van der Waals surface area contributed by atoms with E-state index in [0.29, 0.717) is 0 Å². The molecule has 0 aromatic heterocycles. The maximum atomic E-state index is 13.8. The summed E-state index contributed by atoms with van der Waals surface area (Å²) in [5.74, 6) is -0.000325. The molecule has 0 radical (unpaired) electrons. The van der Waals surface area contributed by atoms with E-state index in [2.05, 4.69) is 29.3 Å². The van der Waals surface area contributed by atoms with Gasteiger partial charge < -0.3 is 15.0 Å². The summed E-state index contributed by atoms with van der Waals surface area (Å²) in [7, 11) is 1.40. The first-order chi connectivity index (χ1) is 13.0. The number of anilines is 1. The molecule has 1 aliphatic heterocycles. The zero-order valence-electron chi connectivity index (χ0n) is 16.2. The molecule has 0 spiro atoms. The van der Waals surface area contributed by atoms with Gasteiger partial charge in [0.1, 0.15) is 0 Å². The fraction of sp³-hybridized carbons (Fsp3) is 0.409. The van der Waals surface area contributed by atoms with Crippen molar-refractivity contribution in [2.24, 2.45) is 5.92 Å². The van der Waals surface area contributed by atoms with Crippen LogP contribution in [0.3, 0.4) is 0 Å². The van der Waals surface area contributed by atoms with Crippen LogP contribution < -0.4 is 15.0 Å². The van der Waals surface area contributed by atoms with Gasteiger partial charge in [0.2, 0.25) is 0 Å². The van der Waals surface area contributed by atoms with Crippen molar-refractivity contribution >= 4 is 11.6 Å². The highest BCUT2D eigenvalue weighted by Crippen LogP contribution is 2.25. The molecule has 1 amide bonds. The first-order valence-electron chi connectivity index (χ1n) is 9.47. The van der Waals surface area contributed by atoms with E-state index in [1.807, 2.05) is 19.1 Å². The van der Waals surface area contributed by atoms with Crippen LogP contribution in [0.5, 0.6) is 5.75 Å². The summed E-state index contributed by atoms with van der Waals surface area (Å²) in [5, 5.41) is 2.92. The van der Waals surface area contributed by atoms with Crippen LogP contribution in [0.4, 0.5) is 10.1 Å². The molecule has 1 N–H and O–H groups in total. The number of carbonyl (C=O) groups is 1. The number of methoxy groups -OCH3 is 1.